The molecule has 0 aliphatic rings. The molecule has 0 N–H and O–H groups in total. The summed E-state index contributed by atoms with van der Waals surface area (Å²) in [7, 11) is 0. The SMILES string of the molecule is c1ccc(-c2ccc(-c3c4oc5cccc(N(c6ccc(-c7ccccc7)cc6)c6cccc7ccccc67)c5c4cc4oc5ccccc5c34)cc2)cc1. The molecule has 0 saturated carbocycles. The third-order valence-corrected chi connectivity index (χ3v) is 10.9. The second-order valence-corrected chi connectivity index (χ2v) is 14.0. The number of fused-ring (bicyclic) bond motifs is 7. The summed E-state index contributed by atoms with van der Waals surface area (Å²) in [5.74, 6) is 0. The van der Waals surface area contributed by atoms with Crippen molar-refractivity contribution in [3.8, 4) is 33.4 Å². The van der Waals surface area contributed by atoms with E-state index >= 15 is 0 Å². The molecule has 0 fully saturated rings. The summed E-state index contributed by atoms with van der Waals surface area (Å²) in [5.41, 5.74) is 13.3. The minimum absolute atomic E-state index is 0.817. The number of nitrogens with zero attached hydrogens (tertiary/aromatic N) is 1. The van der Waals surface area contributed by atoms with Crippen molar-refractivity contribution in [2.24, 2.45) is 0 Å². The maximum atomic E-state index is 7.04. The van der Waals surface area contributed by atoms with Crippen LogP contribution in [0.25, 0.3) is 88.0 Å². The van der Waals surface area contributed by atoms with Crippen LogP contribution in [0.3, 0.4) is 0 Å². The van der Waals surface area contributed by atoms with Crippen LogP contribution in [0.2, 0.25) is 0 Å². The highest BCUT2D eigenvalue weighted by molar-refractivity contribution is 6.25. The Bertz CT molecular complexity index is 3170. The predicted molar refractivity (Wildman–Crippen MR) is 229 cm³/mol. The zero-order valence-corrected chi connectivity index (χ0v) is 29.8. The Morgan fingerprint density at radius 1 is 0.327 bits per heavy atom. The molecule has 0 amide bonds. The van der Waals surface area contributed by atoms with Gasteiger partial charge < -0.3 is 13.7 Å². The molecule has 0 bridgehead atoms. The molecule has 0 saturated heterocycles. The first-order valence-corrected chi connectivity index (χ1v) is 18.7. The van der Waals surface area contributed by atoms with Crippen LogP contribution >= 0.6 is 0 Å². The number of benzene rings is 9. The van der Waals surface area contributed by atoms with Gasteiger partial charge in [-0.05, 0) is 75.7 Å². The van der Waals surface area contributed by atoms with Crippen molar-refractivity contribution in [1.82, 2.24) is 0 Å². The molecule has 0 unspecified atom stereocenters. The summed E-state index contributed by atoms with van der Waals surface area (Å²) in [5, 5.41) is 6.50. The maximum absolute atomic E-state index is 7.04. The largest absolute Gasteiger partial charge is 0.456 e. The Balaban J connectivity index is 1.19. The lowest BCUT2D eigenvalue weighted by atomic mass is 9.94. The minimum Gasteiger partial charge on any atom is -0.456 e. The van der Waals surface area contributed by atoms with Gasteiger partial charge in [0, 0.05) is 32.8 Å². The number of furan rings is 2. The molecule has 11 aromatic rings. The van der Waals surface area contributed by atoms with Gasteiger partial charge in [0.2, 0.25) is 0 Å². The van der Waals surface area contributed by atoms with Gasteiger partial charge in [0.05, 0.1) is 16.8 Å². The van der Waals surface area contributed by atoms with Gasteiger partial charge in [0.15, 0.2) is 0 Å². The second kappa shape index (κ2) is 12.6. The molecule has 258 valence electrons. The van der Waals surface area contributed by atoms with Crippen molar-refractivity contribution in [2.75, 3.05) is 4.90 Å². The van der Waals surface area contributed by atoms with Gasteiger partial charge in [-0.15, -0.1) is 0 Å². The molecule has 55 heavy (non-hydrogen) atoms. The molecule has 9 aromatic carbocycles. The van der Waals surface area contributed by atoms with Crippen LogP contribution in [0.15, 0.2) is 209 Å². The predicted octanol–water partition coefficient (Wildman–Crippen LogP) is 15.1. The normalized spacial score (nSPS) is 11.6. The summed E-state index contributed by atoms with van der Waals surface area (Å²) in [6, 6.07) is 70.7. The van der Waals surface area contributed by atoms with Crippen LogP contribution < -0.4 is 4.90 Å². The average Bonchev–Trinajstić information content (AvgIpc) is 3.82. The number of para-hydroxylation sites is 1. The quantitative estimate of drug-likeness (QED) is 0.173. The van der Waals surface area contributed by atoms with Crippen molar-refractivity contribution < 1.29 is 8.83 Å². The standard InChI is InChI=1S/C52H33NO2/c1-3-13-34(14-4-1)36-25-27-39(28-26-36)49-51-42-20-9-10-23-46(42)54-48(51)33-43-50-45(22-12-24-47(50)55-52(43)49)53(44-21-11-18-38-17-7-8-19-41(38)44)40-31-29-37(30-32-40)35-15-5-2-6-16-35/h1-33H. The molecule has 11 rings (SSSR count). The van der Waals surface area contributed by atoms with Gasteiger partial charge in [-0.25, -0.2) is 0 Å². The van der Waals surface area contributed by atoms with Crippen LogP contribution in [0.4, 0.5) is 17.1 Å². The second-order valence-electron chi connectivity index (χ2n) is 14.0. The van der Waals surface area contributed by atoms with Crippen molar-refractivity contribution >= 4 is 71.7 Å². The fourth-order valence-electron chi connectivity index (χ4n) is 8.31. The number of hydrogen-bond donors (Lipinski definition) is 0. The lowest BCUT2D eigenvalue weighted by Gasteiger charge is -2.27. The van der Waals surface area contributed by atoms with Gasteiger partial charge >= 0.3 is 0 Å². The molecule has 2 aromatic heterocycles. The van der Waals surface area contributed by atoms with Gasteiger partial charge in [0.25, 0.3) is 0 Å². The third kappa shape index (κ3) is 5.13. The lowest BCUT2D eigenvalue weighted by molar-refractivity contribution is 0.664. The fraction of sp³-hybridized carbons (Fsp3) is 0. The molecular formula is C52H33NO2. The molecule has 0 spiro atoms. The number of rotatable bonds is 6. The summed E-state index contributed by atoms with van der Waals surface area (Å²) in [4.78, 5) is 2.38. The Kier molecular flexibility index (Phi) is 7.17. The van der Waals surface area contributed by atoms with Crippen LogP contribution in [0, 0.1) is 0 Å². The Morgan fingerprint density at radius 3 is 1.62 bits per heavy atom. The average molecular weight is 704 g/mol. The molecule has 3 heteroatoms. The van der Waals surface area contributed by atoms with Crippen LogP contribution in [0.1, 0.15) is 0 Å². The number of anilines is 3. The zero-order chi connectivity index (χ0) is 36.3. The van der Waals surface area contributed by atoms with Crippen LogP contribution in [0.5, 0.6) is 0 Å². The maximum Gasteiger partial charge on any atom is 0.144 e. The number of hydrogen-bond acceptors (Lipinski definition) is 3. The molecule has 0 radical (unpaired) electrons. The minimum atomic E-state index is 0.817. The van der Waals surface area contributed by atoms with Crippen molar-refractivity contribution in [1.29, 1.82) is 0 Å². The monoisotopic (exact) mass is 703 g/mol. The smallest absolute Gasteiger partial charge is 0.144 e. The van der Waals surface area contributed by atoms with Gasteiger partial charge in [-0.2, -0.15) is 0 Å². The van der Waals surface area contributed by atoms with E-state index in [2.05, 4.69) is 193 Å². The van der Waals surface area contributed by atoms with E-state index < -0.39 is 0 Å². The Labute approximate surface area is 317 Å². The van der Waals surface area contributed by atoms with E-state index in [9.17, 15) is 0 Å². The zero-order valence-electron chi connectivity index (χ0n) is 29.8. The fourth-order valence-corrected chi connectivity index (χ4v) is 8.31. The summed E-state index contributed by atoms with van der Waals surface area (Å²) < 4.78 is 13.7. The van der Waals surface area contributed by atoms with Crippen molar-refractivity contribution in [3.63, 3.8) is 0 Å². The lowest BCUT2D eigenvalue weighted by Crippen LogP contribution is -2.10. The van der Waals surface area contributed by atoms with E-state index in [1.54, 1.807) is 0 Å². The van der Waals surface area contributed by atoms with Crippen LogP contribution in [-0.2, 0) is 0 Å². The molecular weight excluding hydrogens is 671 g/mol. The summed E-state index contributed by atoms with van der Waals surface area (Å²) in [6.07, 6.45) is 0. The van der Waals surface area contributed by atoms with Crippen LogP contribution in [-0.4, -0.2) is 0 Å². The van der Waals surface area contributed by atoms with E-state index in [0.717, 1.165) is 72.1 Å². The van der Waals surface area contributed by atoms with Crippen molar-refractivity contribution in [2.45, 2.75) is 0 Å². The van der Waals surface area contributed by atoms with E-state index in [-0.39, 0.29) is 0 Å². The van der Waals surface area contributed by atoms with Gasteiger partial charge in [-0.3, -0.25) is 0 Å². The highest BCUT2D eigenvalue weighted by atomic mass is 16.3. The molecule has 0 aliphatic carbocycles. The molecule has 3 nitrogen and oxygen atoms in total. The van der Waals surface area contributed by atoms with E-state index in [1.807, 2.05) is 12.1 Å². The van der Waals surface area contributed by atoms with E-state index in [4.69, 9.17) is 8.83 Å². The van der Waals surface area contributed by atoms with Gasteiger partial charge in [-0.1, -0.05) is 158 Å². The van der Waals surface area contributed by atoms with E-state index in [1.165, 1.54) is 33.0 Å². The molecule has 0 atom stereocenters. The summed E-state index contributed by atoms with van der Waals surface area (Å²) in [6.45, 7) is 0. The highest BCUT2D eigenvalue weighted by Crippen LogP contribution is 2.49. The first-order valence-electron chi connectivity index (χ1n) is 18.7. The Hall–Kier alpha value is -7.36. The third-order valence-electron chi connectivity index (χ3n) is 10.9. The first-order chi connectivity index (χ1) is 27.3. The highest BCUT2D eigenvalue weighted by Gasteiger charge is 2.25. The Morgan fingerprint density at radius 2 is 0.873 bits per heavy atom. The van der Waals surface area contributed by atoms with Crippen molar-refractivity contribution in [3.05, 3.63) is 200 Å². The molecule has 0 aliphatic heterocycles. The molecule has 2 heterocycles. The summed E-state index contributed by atoms with van der Waals surface area (Å²) >= 11 is 0. The first kappa shape index (κ1) is 31.2. The van der Waals surface area contributed by atoms with E-state index in [0.29, 0.717) is 0 Å². The topological polar surface area (TPSA) is 29.5 Å². The van der Waals surface area contributed by atoms with Gasteiger partial charge in [0.1, 0.15) is 22.3 Å².